The van der Waals surface area contributed by atoms with Crippen molar-refractivity contribution in [1.29, 1.82) is 0 Å². The molecule has 3 heterocycles. The summed E-state index contributed by atoms with van der Waals surface area (Å²) in [4.78, 5) is 42.6. The fraction of sp³-hybridized carbons (Fsp3) is 0.607. The highest BCUT2D eigenvalue weighted by Crippen LogP contribution is 2.47. The molecule has 3 aliphatic rings. The molecule has 2 fully saturated rings. The van der Waals surface area contributed by atoms with Crippen LogP contribution < -0.4 is 0 Å². The number of ether oxygens (including phenoxy) is 3. The molecule has 3 aliphatic heterocycles. The number of allylic oxidation sites excluding steroid dienone is 1. The number of methoxy groups -OCH3 is 1. The van der Waals surface area contributed by atoms with E-state index in [4.69, 9.17) is 18.6 Å². The molecule has 2 saturated heterocycles. The molecule has 2 unspecified atom stereocenters. The highest BCUT2D eigenvalue weighted by molar-refractivity contribution is 6.69. The van der Waals surface area contributed by atoms with Gasteiger partial charge >= 0.3 is 12.1 Å². The third-order valence-electron chi connectivity index (χ3n) is 7.14. The molecule has 3 rings (SSSR count). The minimum absolute atomic E-state index is 0.0495. The molecule has 38 heavy (non-hydrogen) atoms. The van der Waals surface area contributed by atoms with Crippen molar-refractivity contribution in [2.45, 2.75) is 77.0 Å². The molecule has 0 N–H and O–H groups in total. The molecule has 10 heteroatoms. The van der Waals surface area contributed by atoms with Gasteiger partial charge in [0.05, 0.1) is 36.8 Å². The van der Waals surface area contributed by atoms with Gasteiger partial charge in [-0.1, -0.05) is 31.4 Å². The van der Waals surface area contributed by atoms with Gasteiger partial charge in [-0.3, -0.25) is 9.69 Å². The smallest absolute Gasteiger partial charge is 0.410 e. The molecule has 9 nitrogen and oxygen atoms in total. The summed E-state index contributed by atoms with van der Waals surface area (Å²) >= 11 is 0. The second-order valence-electron chi connectivity index (χ2n) is 11.0. The Kier molecular flexibility index (Phi) is 9.78. The molecule has 0 aromatic carbocycles. The van der Waals surface area contributed by atoms with Crippen LogP contribution in [0.2, 0.25) is 19.6 Å². The Morgan fingerprint density at radius 2 is 1.79 bits per heavy atom. The maximum absolute atomic E-state index is 13.3. The summed E-state index contributed by atoms with van der Waals surface area (Å²) < 4.78 is 22.3. The van der Waals surface area contributed by atoms with Crippen LogP contribution in [0.15, 0.2) is 48.2 Å². The van der Waals surface area contributed by atoms with Gasteiger partial charge in [0.1, 0.15) is 18.9 Å². The number of esters is 1. The zero-order chi connectivity index (χ0) is 28.2. The van der Waals surface area contributed by atoms with Gasteiger partial charge in [0, 0.05) is 7.11 Å². The molecule has 0 spiro atoms. The summed E-state index contributed by atoms with van der Waals surface area (Å²) in [6.07, 6.45) is 6.36. The zero-order valence-corrected chi connectivity index (χ0v) is 24.5. The van der Waals surface area contributed by atoms with Gasteiger partial charge in [-0.05, 0) is 63.9 Å². The SMILES string of the molecule is C=CCOC(=O)C1=C(C(C)=CC2CCC(COC)N2C(=O)OCC=C)C[C@@H]2[C@@H]([C@@H](C)O[Si](C)(C)C)C(=O)N12. The van der Waals surface area contributed by atoms with Crippen molar-refractivity contribution in [3.8, 4) is 0 Å². The van der Waals surface area contributed by atoms with E-state index in [9.17, 15) is 14.4 Å². The van der Waals surface area contributed by atoms with Crippen LogP contribution in [-0.4, -0.2) is 87.2 Å². The van der Waals surface area contributed by atoms with Gasteiger partial charge in [0.15, 0.2) is 8.32 Å². The topological polar surface area (TPSA) is 94.6 Å². The first-order chi connectivity index (χ1) is 17.9. The summed E-state index contributed by atoms with van der Waals surface area (Å²) in [6.45, 7) is 17.9. The Hall–Kier alpha value is -2.69. The van der Waals surface area contributed by atoms with E-state index in [0.717, 1.165) is 24.0 Å². The van der Waals surface area contributed by atoms with Crippen LogP contribution in [0, 0.1) is 5.92 Å². The van der Waals surface area contributed by atoms with E-state index >= 15 is 0 Å². The number of fused-ring (bicyclic) bond motifs is 1. The molecular weight excluding hydrogens is 504 g/mol. The molecule has 210 valence electrons. The zero-order valence-electron chi connectivity index (χ0n) is 23.5. The largest absolute Gasteiger partial charge is 0.457 e. The van der Waals surface area contributed by atoms with Crippen LogP contribution in [0.3, 0.4) is 0 Å². The van der Waals surface area contributed by atoms with Gasteiger partial charge < -0.3 is 23.5 Å². The van der Waals surface area contributed by atoms with Crippen molar-refractivity contribution in [1.82, 2.24) is 9.80 Å². The van der Waals surface area contributed by atoms with Crippen LogP contribution >= 0.6 is 0 Å². The number of amides is 2. The van der Waals surface area contributed by atoms with Crippen LogP contribution in [-0.2, 0) is 28.2 Å². The predicted molar refractivity (Wildman–Crippen MR) is 147 cm³/mol. The molecule has 0 aromatic rings. The Labute approximate surface area is 227 Å². The third kappa shape index (κ3) is 6.30. The van der Waals surface area contributed by atoms with E-state index in [0.29, 0.717) is 13.0 Å². The first-order valence-electron chi connectivity index (χ1n) is 13.2. The standard InChI is InChI=1S/C28H42N2O7Si/c1-9-13-35-27(32)25-22(16-23-24(26(31)30(23)25)19(4)37-38(6,7)8)18(3)15-20-11-12-21(17-34-5)29(20)28(33)36-14-10-2/h9-10,15,19-21,23-24H,1-2,11-14,16-17H2,3-8H3/t19-,20?,21?,23-,24-/m1/s1. The summed E-state index contributed by atoms with van der Waals surface area (Å²) in [5.74, 6) is -0.992. The maximum Gasteiger partial charge on any atom is 0.410 e. The Morgan fingerprint density at radius 3 is 2.39 bits per heavy atom. The van der Waals surface area contributed by atoms with Gasteiger partial charge in [-0.15, -0.1) is 0 Å². The van der Waals surface area contributed by atoms with Crippen molar-refractivity contribution in [2.24, 2.45) is 5.92 Å². The molecule has 0 radical (unpaired) electrons. The first kappa shape index (κ1) is 29.9. The first-order valence-corrected chi connectivity index (χ1v) is 16.6. The van der Waals surface area contributed by atoms with Gasteiger partial charge in [-0.2, -0.15) is 0 Å². The van der Waals surface area contributed by atoms with Crippen LogP contribution in [0.25, 0.3) is 0 Å². The predicted octanol–water partition coefficient (Wildman–Crippen LogP) is 4.19. The second-order valence-corrected chi connectivity index (χ2v) is 15.5. The summed E-state index contributed by atoms with van der Waals surface area (Å²) in [5, 5.41) is 0. The van der Waals surface area contributed by atoms with E-state index in [-0.39, 0.29) is 55.0 Å². The minimum atomic E-state index is -1.86. The van der Waals surface area contributed by atoms with Gasteiger partial charge in [-0.25, -0.2) is 9.59 Å². The van der Waals surface area contributed by atoms with Gasteiger partial charge in [0.2, 0.25) is 5.91 Å². The second kappa shape index (κ2) is 12.4. The molecule has 2 amide bonds. The number of hydrogen-bond acceptors (Lipinski definition) is 7. The monoisotopic (exact) mass is 546 g/mol. The van der Waals surface area contributed by atoms with Crippen LogP contribution in [0.1, 0.15) is 33.1 Å². The molecule has 0 saturated carbocycles. The Morgan fingerprint density at radius 1 is 1.13 bits per heavy atom. The summed E-state index contributed by atoms with van der Waals surface area (Å²) in [7, 11) is -0.257. The molecule has 5 atom stereocenters. The highest BCUT2D eigenvalue weighted by atomic mass is 28.4. The van der Waals surface area contributed by atoms with E-state index in [2.05, 4.69) is 32.8 Å². The lowest BCUT2D eigenvalue weighted by Gasteiger charge is -2.47. The average molecular weight is 547 g/mol. The summed E-state index contributed by atoms with van der Waals surface area (Å²) in [6, 6.07) is -0.525. The lowest BCUT2D eigenvalue weighted by molar-refractivity contribution is -0.161. The number of rotatable bonds is 12. The van der Waals surface area contributed by atoms with E-state index in [1.165, 1.54) is 12.2 Å². The quantitative estimate of drug-likeness (QED) is 0.157. The van der Waals surface area contributed by atoms with Crippen LogP contribution in [0.4, 0.5) is 4.79 Å². The highest BCUT2D eigenvalue weighted by Gasteiger charge is 2.57. The number of β-lactam (4-membered cyclic amide) rings is 1. The molecule has 0 aliphatic carbocycles. The fourth-order valence-corrected chi connectivity index (χ4v) is 7.00. The average Bonchev–Trinajstić information content (AvgIpc) is 3.39. The van der Waals surface area contributed by atoms with Crippen molar-refractivity contribution < 1.29 is 33.0 Å². The van der Waals surface area contributed by atoms with Crippen molar-refractivity contribution >= 4 is 26.3 Å². The number of hydrogen-bond donors (Lipinski definition) is 0. The fourth-order valence-electron chi connectivity index (χ4n) is 5.74. The lowest BCUT2D eigenvalue weighted by atomic mass is 9.82. The number of likely N-dealkylation sites (tertiary alicyclic amines) is 1. The maximum atomic E-state index is 13.3. The minimum Gasteiger partial charge on any atom is -0.457 e. The van der Waals surface area contributed by atoms with Crippen molar-refractivity contribution in [2.75, 3.05) is 26.9 Å². The molecule has 0 aromatic heterocycles. The Balaban J connectivity index is 1.92. The molecule has 0 bridgehead atoms. The lowest BCUT2D eigenvalue weighted by Crippen LogP contribution is -2.63. The number of carbonyl (C=O) groups is 3. The van der Waals surface area contributed by atoms with Crippen molar-refractivity contribution in [3.05, 3.63) is 48.2 Å². The van der Waals surface area contributed by atoms with E-state index in [1.54, 1.807) is 16.9 Å². The van der Waals surface area contributed by atoms with E-state index < -0.39 is 20.4 Å². The van der Waals surface area contributed by atoms with Crippen molar-refractivity contribution in [3.63, 3.8) is 0 Å². The third-order valence-corrected chi connectivity index (χ3v) is 8.22. The van der Waals surface area contributed by atoms with Crippen LogP contribution in [0.5, 0.6) is 0 Å². The number of nitrogens with zero attached hydrogens (tertiary/aromatic N) is 2. The van der Waals surface area contributed by atoms with Gasteiger partial charge in [0.25, 0.3) is 0 Å². The Bertz CT molecular complexity index is 1020. The number of carbonyl (C=O) groups excluding carboxylic acids is 3. The van der Waals surface area contributed by atoms with E-state index in [1.807, 2.05) is 19.9 Å². The summed E-state index contributed by atoms with van der Waals surface area (Å²) in [5.41, 5.74) is 1.87. The molecular formula is C28H42N2O7Si. The normalized spacial score (nSPS) is 26.2.